The summed E-state index contributed by atoms with van der Waals surface area (Å²) in [4.78, 5) is 20.8. The lowest BCUT2D eigenvalue weighted by Crippen LogP contribution is -2.12. The number of aromatic nitrogens is 3. The van der Waals surface area contributed by atoms with Crippen LogP contribution >= 0.6 is 0 Å². The third-order valence-electron chi connectivity index (χ3n) is 4.92. The molecule has 8 nitrogen and oxygen atoms in total. The van der Waals surface area contributed by atoms with Gasteiger partial charge in [0, 0.05) is 43.5 Å². The minimum absolute atomic E-state index is 0.115. The lowest BCUT2D eigenvalue weighted by Gasteiger charge is -2.08. The van der Waals surface area contributed by atoms with Gasteiger partial charge in [-0.05, 0) is 48.5 Å². The first-order chi connectivity index (χ1) is 15.6. The van der Waals surface area contributed by atoms with Crippen LogP contribution in [0.25, 0.3) is 11.3 Å². The van der Waals surface area contributed by atoms with E-state index in [1.165, 1.54) is 0 Å². The second-order valence-corrected chi connectivity index (χ2v) is 7.16. The lowest BCUT2D eigenvalue weighted by atomic mass is 10.2. The Morgan fingerprint density at radius 1 is 1.06 bits per heavy atom. The number of nitrogens with one attached hydrogen (secondary N) is 1. The summed E-state index contributed by atoms with van der Waals surface area (Å²) in [6, 6.07) is 14.8. The third kappa shape index (κ3) is 5.34. The maximum absolute atomic E-state index is 12.3. The molecule has 32 heavy (non-hydrogen) atoms. The topological polar surface area (TPSA) is 91.4 Å². The van der Waals surface area contributed by atoms with Crippen LogP contribution in [0.15, 0.2) is 71.5 Å². The van der Waals surface area contributed by atoms with Crippen LogP contribution in [0.3, 0.4) is 0 Å². The number of nitrogens with zero attached hydrogens (tertiary/aromatic N) is 3. The minimum atomic E-state index is -0.115. The number of carbonyl (C=O) groups is 1. The van der Waals surface area contributed by atoms with E-state index >= 15 is 0 Å². The molecule has 0 fully saturated rings. The van der Waals surface area contributed by atoms with Crippen molar-refractivity contribution in [2.45, 2.75) is 19.4 Å². The number of benzene rings is 2. The molecule has 2 aromatic carbocycles. The van der Waals surface area contributed by atoms with E-state index in [1.807, 2.05) is 54.2 Å². The first kappa shape index (κ1) is 21.2. The van der Waals surface area contributed by atoms with E-state index < -0.39 is 0 Å². The summed E-state index contributed by atoms with van der Waals surface area (Å²) in [5.41, 5.74) is 1.60. The largest absolute Gasteiger partial charge is 0.497 e. The molecule has 0 bridgehead atoms. The molecule has 0 saturated heterocycles. The van der Waals surface area contributed by atoms with Gasteiger partial charge in [0.2, 0.25) is 5.91 Å². The van der Waals surface area contributed by atoms with Gasteiger partial charge in [-0.1, -0.05) is 0 Å². The fraction of sp³-hybridized carbons (Fsp3) is 0.208. The summed E-state index contributed by atoms with van der Waals surface area (Å²) in [5, 5.41) is 2.88. The molecule has 0 aliphatic heterocycles. The number of oxazole rings is 1. The number of hydrogen-bond acceptors (Lipinski definition) is 6. The molecule has 0 unspecified atom stereocenters. The summed E-state index contributed by atoms with van der Waals surface area (Å²) >= 11 is 0. The number of methoxy groups -OCH3 is 1. The van der Waals surface area contributed by atoms with E-state index in [0.29, 0.717) is 36.1 Å². The Balaban J connectivity index is 1.25. The van der Waals surface area contributed by atoms with Crippen LogP contribution in [0, 0.1) is 0 Å². The average molecular weight is 432 g/mol. The van der Waals surface area contributed by atoms with E-state index in [4.69, 9.17) is 13.9 Å². The molecule has 8 heteroatoms. The minimum Gasteiger partial charge on any atom is -0.497 e. The summed E-state index contributed by atoms with van der Waals surface area (Å²) in [5.74, 6) is 3.38. The molecule has 4 rings (SSSR count). The first-order valence-corrected chi connectivity index (χ1v) is 10.2. The fourth-order valence-electron chi connectivity index (χ4n) is 3.08. The van der Waals surface area contributed by atoms with Crippen molar-refractivity contribution in [2.24, 2.45) is 7.05 Å². The molecule has 0 aliphatic rings. The Morgan fingerprint density at radius 2 is 1.81 bits per heavy atom. The van der Waals surface area contributed by atoms with Crippen molar-refractivity contribution in [1.29, 1.82) is 0 Å². The number of hydrogen-bond donors (Lipinski definition) is 1. The van der Waals surface area contributed by atoms with Gasteiger partial charge in [-0.3, -0.25) is 4.79 Å². The molecule has 4 aromatic rings. The first-order valence-electron chi connectivity index (χ1n) is 10.2. The fourth-order valence-corrected chi connectivity index (χ4v) is 3.08. The average Bonchev–Trinajstić information content (AvgIpc) is 3.46. The predicted octanol–water partition coefficient (Wildman–Crippen LogP) is 4.23. The Morgan fingerprint density at radius 3 is 2.50 bits per heavy atom. The predicted molar refractivity (Wildman–Crippen MR) is 119 cm³/mol. The monoisotopic (exact) mass is 432 g/mol. The smallest absolute Gasteiger partial charge is 0.224 e. The highest BCUT2D eigenvalue weighted by molar-refractivity contribution is 5.90. The molecular weight excluding hydrogens is 408 g/mol. The second kappa shape index (κ2) is 9.82. The highest BCUT2D eigenvalue weighted by atomic mass is 16.5. The zero-order valence-corrected chi connectivity index (χ0v) is 17.9. The molecule has 2 aromatic heterocycles. The van der Waals surface area contributed by atoms with Gasteiger partial charge < -0.3 is 23.8 Å². The van der Waals surface area contributed by atoms with Gasteiger partial charge in [0.15, 0.2) is 11.7 Å². The van der Waals surface area contributed by atoms with Gasteiger partial charge >= 0.3 is 0 Å². The highest BCUT2D eigenvalue weighted by Crippen LogP contribution is 2.23. The quantitative estimate of drug-likeness (QED) is 0.426. The normalized spacial score (nSPS) is 10.7. The molecule has 164 valence electrons. The maximum Gasteiger partial charge on any atom is 0.224 e. The Kier molecular flexibility index (Phi) is 6.50. The molecule has 0 aliphatic carbocycles. The number of rotatable bonds is 9. The number of ether oxygens (including phenoxy) is 2. The third-order valence-corrected chi connectivity index (χ3v) is 4.92. The molecule has 0 spiro atoms. The van der Waals surface area contributed by atoms with Gasteiger partial charge in [0.25, 0.3) is 0 Å². The summed E-state index contributed by atoms with van der Waals surface area (Å²) in [6.45, 7) is 0.379. The van der Waals surface area contributed by atoms with Crippen LogP contribution < -0.4 is 14.8 Å². The van der Waals surface area contributed by atoms with Crippen LogP contribution in [-0.2, 0) is 24.9 Å². The zero-order valence-electron chi connectivity index (χ0n) is 17.9. The van der Waals surface area contributed by atoms with Crippen molar-refractivity contribution in [3.63, 3.8) is 0 Å². The summed E-state index contributed by atoms with van der Waals surface area (Å²) < 4.78 is 18.6. The summed E-state index contributed by atoms with van der Waals surface area (Å²) in [7, 11) is 3.54. The molecule has 0 saturated carbocycles. The van der Waals surface area contributed by atoms with Crippen LogP contribution in [0.2, 0.25) is 0 Å². The Hall–Kier alpha value is -4.07. The van der Waals surface area contributed by atoms with Crippen molar-refractivity contribution < 1.29 is 18.7 Å². The Labute approximate surface area is 185 Å². The molecule has 0 atom stereocenters. The molecule has 1 amide bonds. The van der Waals surface area contributed by atoms with Gasteiger partial charge in [-0.25, -0.2) is 9.97 Å². The van der Waals surface area contributed by atoms with Crippen LogP contribution in [0.4, 0.5) is 5.69 Å². The number of aryl methyl sites for hydroxylation is 2. The highest BCUT2D eigenvalue weighted by Gasteiger charge is 2.10. The van der Waals surface area contributed by atoms with Crippen molar-refractivity contribution >= 4 is 11.6 Å². The van der Waals surface area contributed by atoms with E-state index in [2.05, 4.69) is 15.3 Å². The van der Waals surface area contributed by atoms with E-state index in [-0.39, 0.29) is 12.3 Å². The summed E-state index contributed by atoms with van der Waals surface area (Å²) in [6.07, 6.45) is 5.94. The van der Waals surface area contributed by atoms with Gasteiger partial charge in [-0.15, -0.1) is 0 Å². The van der Waals surface area contributed by atoms with Gasteiger partial charge in [0.1, 0.15) is 23.9 Å². The van der Waals surface area contributed by atoms with Crippen molar-refractivity contribution in [2.75, 3.05) is 12.4 Å². The number of anilines is 1. The maximum atomic E-state index is 12.3. The van der Waals surface area contributed by atoms with E-state index in [9.17, 15) is 4.79 Å². The van der Waals surface area contributed by atoms with Crippen molar-refractivity contribution in [1.82, 2.24) is 14.5 Å². The van der Waals surface area contributed by atoms with Crippen molar-refractivity contribution in [3.05, 3.63) is 78.8 Å². The zero-order chi connectivity index (χ0) is 22.3. The molecular formula is C24H24N4O4. The molecule has 2 heterocycles. The van der Waals surface area contributed by atoms with Crippen LogP contribution in [0.1, 0.15) is 18.1 Å². The van der Waals surface area contributed by atoms with Crippen molar-refractivity contribution in [3.8, 4) is 22.8 Å². The number of imidazole rings is 1. The number of carbonyl (C=O) groups excluding carboxylic acids is 1. The molecule has 1 N–H and O–H groups in total. The molecule has 0 radical (unpaired) electrons. The SMILES string of the molecule is COc1ccc(-c2cnc(CCC(=O)Nc3ccc(OCc4nccn4C)cc3)o2)cc1. The Bertz CT molecular complexity index is 1160. The second-order valence-electron chi connectivity index (χ2n) is 7.16. The lowest BCUT2D eigenvalue weighted by molar-refractivity contribution is -0.116. The van der Waals surface area contributed by atoms with E-state index in [0.717, 1.165) is 17.1 Å². The van der Waals surface area contributed by atoms with Crippen LogP contribution in [0.5, 0.6) is 11.5 Å². The number of amides is 1. The van der Waals surface area contributed by atoms with Gasteiger partial charge in [0.05, 0.1) is 13.3 Å². The van der Waals surface area contributed by atoms with E-state index in [1.54, 1.807) is 31.6 Å². The standard InChI is InChI=1S/C24H24N4O4/c1-28-14-13-25-22(28)16-31-20-9-5-18(6-10-20)27-23(29)11-12-24-26-15-21(32-24)17-3-7-19(30-2)8-4-17/h3-10,13-15H,11-12,16H2,1-2H3,(H,27,29). The van der Waals surface area contributed by atoms with Gasteiger partial charge in [-0.2, -0.15) is 0 Å². The van der Waals surface area contributed by atoms with Crippen LogP contribution in [-0.4, -0.2) is 27.6 Å².